The third-order valence-corrected chi connectivity index (χ3v) is 3.83. The molecule has 0 amide bonds. The average molecular weight is 273 g/mol. The average Bonchev–Trinajstić information content (AvgIpc) is 2.21. The number of nitrogens with one attached hydrogen (secondary N) is 1. The van der Waals surface area contributed by atoms with Gasteiger partial charge in [-0.1, -0.05) is 6.07 Å². The highest BCUT2D eigenvalue weighted by molar-refractivity contribution is 7.94. The molecule has 2 N–H and O–H groups in total. The predicted molar refractivity (Wildman–Crippen MR) is 69.6 cm³/mol. The van der Waals surface area contributed by atoms with Gasteiger partial charge in [-0.3, -0.25) is 0 Å². The van der Waals surface area contributed by atoms with E-state index < -0.39 is 33.5 Å². The van der Waals surface area contributed by atoms with Gasteiger partial charge in [0.2, 0.25) is 0 Å². The molecule has 0 aromatic heterocycles. The fraction of sp³-hybridized carbons (Fsp3) is 0.417. The molecule has 0 radical (unpaired) electrons. The Kier molecular flexibility index (Phi) is 4.24. The van der Waals surface area contributed by atoms with Gasteiger partial charge in [0.1, 0.15) is 16.1 Å². The van der Waals surface area contributed by atoms with Crippen LogP contribution in [0.1, 0.15) is 36.7 Å². The van der Waals surface area contributed by atoms with Gasteiger partial charge in [0.05, 0.1) is 17.0 Å². The van der Waals surface area contributed by atoms with E-state index in [4.69, 9.17) is 5.11 Å². The molecule has 6 heteroatoms. The van der Waals surface area contributed by atoms with Crippen molar-refractivity contribution < 1.29 is 18.8 Å². The Labute approximate surface area is 109 Å². The summed E-state index contributed by atoms with van der Waals surface area (Å²) < 4.78 is 27.6. The molecule has 1 aromatic carbocycles. The van der Waals surface area contributed by atoms with Crippen molar-refractivity contribution in [1.82, 2.24) is 0 Å². The lowest BCUT2D eigenvalue weighted by molar-refractivity contribution is 0.0693. The van der Waals surface area contributed by atoms with Crippen molar-refractivity contribution in [3.05, 3.63) is 29.1 Å². The summed E-state index contributed by atoms with van der Waals surface area (Å²) in [4.78, 5) is 11.0. The second-order valence-electron chi connectivity index (χ2n) is 4.91. The minimum Gasteiger partial charge on any atom is -0.593 e. The van der Waals surface area contributed by atoms with E-state index in [0.29, 0.717) is 0 Å². The van der Waals surface area contributed by atoms with Crippen LogP contribution in [0, 0.1) is 12.7 Å². The molecule has 0 aliphatic carbocycles. The summed E-state index contributed by atoms with van der Waals surface area (Å²) >= 11 is -1.51. The number of aromatic carboxylic acids is 1. The maximum atomic E-state index is 13.7. The highest BCUT2D eigenvalue weighted by atomic mass is 32.2. The molecule has 1 atom stereocenters. The third-order valence-electron chi connectivity index (χ3n) is 2.31. The Morgan fingerprint density at radius 2 is 2.00 bits per heavy atom. The van der Waals surface area contributed by atoms with E-state index in [-0.39, 0.29) is 11.3 Å². The van der Waals surface area contributed by atoms with E-state index in [1.54, 1.807) is 20.8 Å². The highest BCUT2D eigenvalue weighted by Crippen LogP contribution is 2.26. The van der Waals surface area contributed by atoms with Crippen molar-refractivity contribution in [2.24, 2.45) is 0 Å². The van der Waals surface area contributed by atoms with Gasteiger partial charge in [-0.15, -0.1) is 0 Å². The van der Waals surface area contributed by atoms with Gasteiger partial charge in [0.25, 0.3) is 0 Å². The van der Waals surface area contributed by atoms with Gasteiger partial charge in [-0.25, -0.2) is 13.9 Å². The maximum Gasteiger partial charge on any atom is 0.340 e. The molecule has 100 valence electrons. The molecule has 0 aliphatic heterocycles. The zero-order valence-corrected chi connectivity index (χ0v) is 11.5. The Bertz CT molecular complexity index is 471. The number of hydrogen-bond donors (Lipinski definition) is 2. The zero-order valence-electron chi connectivity index (χ0n) is 10.7. The second-order valence-corrected chi connectivity index (χ2v) is 6.87. The first-order chi connectivity index (χ1) is 8.14. The number of anilines is 1. The molecule has 0 bridgehead atoms. The van der Waals surface area contributed by atoms with E-state index in [2.05, 4.69) is 4.72 Å². The summed E-state index contributed by atoms with van der Waals surface area (Å²) in [6.07, 6.45) is 0. The smallest absolute Gasteiger partial charge is 0.340 e. The van der Waals surface area contributed by atoms with Crippen LogP contribution >= 0.6 is 0 Å². The standard InChI is InChI=1S/C12H16FNO3S/c1-7-5-6-8(9(10(7)13)11(15)16)14-18(17)12(2,3)4/h5-6,14H,1-4H3,(H,15,16)/t18-/m1/s1. The minimum atomic E-state index is -1.51. The van der Waals surface area contributed by atoms with Crippen molar-refractivity contribution in [2.45, 2.75) is 32.4 Å². The van der Waals surface area contributed by atoms with Gasteiger partial charge in [-0.05, 0) is 39.3 Å². The molecule has 0 unspecified atom stereocenters. The molecule has 0 fully saturated rings. The number of halogens is 1. The van der Waals surface area contributed by atoms with E-state index in [0.717, 1.165) is 0 Å². The molecule has 0 spiro atoms. The zero-order chi connectivity index (χ0) is 14.1. The van der Waals surface area contributed by atoms with E-state index >= 15 is 0 Å². The van der Waals surface area contributed by atoms with Crippen LogP contribution in [0.2, 0.25) is 0 Å². The Hall–Kier alpha value is -1.27. The maximum absolute atomic E-state index is 13.7. The van der Waals surface area contributed by atoms with Crippen molar-refractivity contribution in [1.29, 1.82) is 0 Å². The summed E-state index contributed by atoms with van der Waals surface area (Å²) in [6.45, 7) is 6.69. The number of hydrogen-bond acceptors (Lipinski definition) is 3. The molecule has 0 saturated heterocycles. The molecule has 0 heterocycles. The number of aryl methyl sites for hydroxylation is 1. The molecular weight excluding hydrogens is 257 g/mol. The van der Waals surface area contributed by atoms with E-state index in [1.165, 1.54) is 19.1 Å². The normalized spacial score (nSPS) is 13.2. The van der Waals surface area contributed by atoms with Crippen LogP contribution < -0.4 is 4.72 Å². The molecule has 18 heavy (non-hydrogen) atoms. The quantitative estimate of drug-likeness (QED) is 0.830. The van der Waals surface area contributed by atoms with Crippen LogP contribution in [0.25, 0.3) is 0 Å². The van der Waals surface area contributed by atoms with Crippen molar-refractivity contribution in [3.63, 3.8) is 0 Å². The van der Waals surface area contributed by atoms with Crippen LogP contribution in [-0.4, -0.2) is 20.4 Å². The predicted octanol–water partition coefficient (Wildman–Crippen LogP) is 2.71. The lowest BCUT2D eigenvalue weighted by Gasteiger charge is -2.24. The number of carbonyl (C=O) groups is 1. The van der Waals surface area contributed by atoms with Gasteiger partial charge < -0.3 is 9.66 Å². The van der Waals surface area contributed by atoms with E-state index in [1.807, 2.05) is 0 Å². The highest BCUT2D eigenvalue weighted by Gasteiger charge is 2.29. The summed E-state index contributed by atoms with van der Waals surface area (Å²) in [5, 5.41) is 9.01. The Morgan fingerprint density at radius 3 is 2.44 bits per heavy atom. The Morgan fingerprint density at radius 1 is 1.44 bits per heavy atom. The molecule has 1 rings (SSSR count). The SMILES string of the molecule is Cc1ccc(N[S@+]([O-])C(C)(C)C)c(C(=O)O)c1F. The summed E-state index contributed by atoms with van der Waals surface area (Å²) in [6, 6.07) is 2.87. The van der Waals surface area contributed by atoms with Crippen LogP contribution in [0.3, 0.4) is 0 Å². The fourth-order valence-corrected chi connectivity index (χ4v) is 1.90. The van der Waals surface area contributed by atoms with Crippen molar-refractivity contribution >= 4 is 23.0 Å². The summed E-state index contributed by atoms with van der Waals surface area (Å²) in [5.74, 6) is -2.19. The molecule has 0 aliphatic rings. The topological polar surface area (TPSA) is 72.4 Å². The lowest BCUT2D eigenvalue weighted by atomic mass is 10.1. The van der Waals surface area contributed by atoms with Gasteiger partial charge in [0.15, 0.2) is 0 Å². The first-order valence-electron chi connectivity index (χ1n) is 5.35. The van der Waals surface area contributed by atoms with Gasteiger partial charge in [0, 0.05) is 0 Å². The van der Waals surface area contributed by atoms with Crippen LogP contribution in [0.15, 0.2) is 12.1 Å². The van der Waals surface area contributed by atoms with Gasteiger partial charge in [-0.2, -0.15) is 0 Å². The van der Waals surface area contributed by atoms with Crippen LogP contribution in [-0.2, 0) is 11.4 Å². The lowest BCUT2D eigenvalue weighted by Crippen LogP contribution is -2.34. The van der Waals surface area contributed by atoms with Crippen LogP contribution in [0.4, 0.5) is 10.1 Å². The van der Waals surface area contributed by atoms with Crippen LogP contribution in [0.5, 0.6) is 0 Å². The summed E-state index contributed by atoms with van der Waals surface area (Å²) in [5.41, 5.74) is -0.217. The van der Waals surface area contributed by atoms with Crippen molar-refractivity contribution in [3.8, 4) is 0 Å². The molecular formula is C12H16FNO3S. The Balaban J connectivity index is 3.18. The third kappa shape index (κ3) is 3.14. The number of carboxylic acids is 1. The second kappa shape index (κ2) is 5.16. The fourth-order valence-electron chi connectivity index (χ4n) is 1.23. The largest absolute Gasteiger partial charge is 0.593 e. The minimum absolute atomic E-state index is 0.0267. The number of rotatable bonds is 3. The van der Waals surface area contributed by atoms with E-state index in [9.17, 15) is 13.7 Å². The first-order valence-corrected chi connectivity index (χ1v) is 6.50. The first kappa shape index (κ1) is 14.8. The van der Waals surface area contributed by atoms with Crippen molar-refractivity contribution in [2.75, 3.05) is 4.72 Å². The molecule has 0 saturated carbocycles. The molecule has 4 nitrogen and oxygen atoms in total. The molecule has 1 aromatic rings. The monoisotopic (exact) mass is 273 g/mol. The summed E-state index contributed by atoms with van der Waals surface area (Å²) in [7, 11) is 0. The number of benzene rings is 1. The van der Waals surface area contributed by atoms with Gasteiger partial charge >= 0.3 is 5.97 Å². The number of carboxylic acid groups (broad SMARTS) is 1.